The molecule has 102 valence electrons. The molecule has 1 aliphatic carbocycles. The van der Waals surface area contributed by atoms with Crippen molar-refractivity contribution in [3.63, 3.8) is 0 Å². The Hall–Kier alpha value is -1.71. The number of aromatic nitrogens is 1. The fraction of sp³-hybridized carbons (Fsp3) is 0.533. The van der Waals surface area contributed by atoms with Crippen LogP contribution in [-0.4, -0.2) is 18.1 Å². The molecule has 2 aliphatic rings. The lowest BCUT2D eigenvalue weighted by atomic mass is 9.67. The van der Waals surface area contributed by atoms with Gasteiger partial charge >= 0.3 is 0 Å². The predicted molar refractivity (Wildman–Crippen MR) is 79.0 cm³/mol. The Morgan fingerprint density at radius 2 is 2.21 bits per heavy atom. The van der Waals surface area contributed by atoms with Crippen LogP contribution in [0.2, 0.25) is 0 Å². The summed E-state index contributed by atoms with van der Waals surface area (Å²) in [4.78, 5) is 6.92. The van der Waals surface area contributed by atoms with E-state index in [1.54, 1.807) is 0 Å². The van der Waals surface area contributed by atoms with Gasteiger partial charge in [0.2, 0.25) is 0 Å². The van der Waals surface area contributed by atoms with E-state index >= 15 is 0 Å². The van der Waals surface area contributed by atoms with E-state index in [-0.39, 0.29) is 0 Å². The van der Waals surface area contributed by atoms with E-state index < -0.39 is 0 Å². The summed E-state index contributed by atoms with van der Waals surface area (Å²) in [5.41, 5.74) is 2.75. The third-order valence-electron chi connectivity index (χ3n) is 4.17. The average molecular weight is 258 g/mol. The van der Waals surface area contributed by atoms with Gasteiger partial charge in [-0.2, -0.15) is 0 Å². The number of nitrogens with zero attached hydrogens (tertiary/aromatic N) is 2. The summed E-state index contributed by atoms with van der Waals surface area (Å²) < 4.78 is 0. The highest BCUT2D eigenvalue weighted by Crippen LogP contribution is 2.45. The van der Waals surface area contributed by atoms with Crippen molar-refractivity contribution in [2.24, 2.45) is 5.41 Å². The molecule has 2 heterocycles. The van der Waals surface area contributed by atoms with Crippen molar-refractivity contribution in [1.29, 1.82) is 0 Å². The molecule has 0 amide bonds. The second-order valence-electron chi connectivity index (χ2n) is 6.35. The Morgan fingerprint density at radius 3 is 2.84 bits per heavy atom. The minimum Gasteiger partial charge on any atom is -0.387 e. The zero-order valence-corrected chi connectivity index (χ0v) is 12.0. The van der Waals surface area contributed by atoms with Gasteiger partial charge in [-0.3, -0.25) is 0 Å². The van der Waals surface area contributed by atoms with Gasteiger partial charge in [0, 0.05) is 25.2 Å². The van der Waals surface area contributed by atoms with Crippen molar-refractivity contribution >= 4 is 11.5 Å². The monoisotopic (exact) mass is 258 g/mol. The predicted octanol–water partition coefficient (Wildman–Crippen LogP) is 2.69. The van der Waals surface area contributed by atoms with Crippen LogP contribution in [0.25, 0.3) is 0 Å². The van der Waals surface area contributed by atoms with E-state index in [4.69, 9.17) is 0 Å². The van der Waals surface area contributed by atoms with Crippen molar-refractivity contribution in [2.45, 2.75) is 39.3 Å². The topological polar surface area (TPSA) is 40.2 Å². The average Bonchev–Trinajstić information content (AvgIpc) is 2.35. The minimum absolute atomic E-state index is 0.452. The first kappa shape index (κ1) is 12.3. The first-order valence-electron chi connectivity index (χ1n) is 6.89. The van der Waals surface area contributed by atoms with E-state index in [2.05, 4.69) is 47.0 Å². The quantitative estimate of drug-likeness (QED) is 0.855. The largest absolute Gasteiger partial charge is 0.387 e. The van der Waals surface area contributed by atoms with Crippen molar-refractivity contribution in [3.05, 3.63) is 30.2 Å². The van der Waals surface area contributed by atoms with Crippen LogP contribution >= 0.6 is 0 Å². The number of rotatable bonds is 2. The zero-order chi connectivity index (χ0) is 13.6. The maximum Gasteiger partial charge on any atom is 0.139 e. The molecular weight excluding hydrogens is 236 g/mol. The van der Waals surface area contributed by atoms with Crippen LogP contribution in [0.4, 0.5) is 11.5 Å². The van der Waals surface area contributed by atoms with Crippen LogP contribution in [0.1, 0.15) is 32.3 Å². The van der Waals surface area contributed by atoms with Gasteiger partial charge in [0.15, 0.2) is 0 Å². The summed E-state index contributed by atoms with van der Waals surface area (Å²) in [7, 11) is 1.92. The van der Waals surface area contributed by atoms with Gasteiger partial charge in [0.1, 0.15) is 11.6 Å². The number of hydrogen-bond acceptors (Lipinski definition) is 4. The molecule has 19 heavy (non-hydrogen) atoms. The number of pyridine rings is 1. The second-order valence-corrected chi connectivity index (χ2v) is 6.35. The van der Waals surface area contributed by atoms with Crippen LogP contribution in [0, 0.1) is 5.41 Å². The van der Waals surface area contributed by atoms with Crippen molar-refractivity contribution in [2.75, 3.05) is 17.3 Å². The van der Waals surface area contributed by atoms with Crippen molar-refractivity contribution in [3.8, 4) is 0 Å². The summed E-state index contributed by atoms with van der Waals surface area (Å²) in [6.45, 7) is 9.60. The van der Waals surface area contributed by atoms with E-state index in [9.17, 15) is 0 Å². The Bertz CT molecular complexity index is 513. The standard InChI is InChI=1S/C15H22N4/c1-10-17-8-11-5-12(16-4)9-18-14(11)19(10)13-6-15(2,3)7-13/h5,9,13,16-17H,1,6-8H2,2-4H3. The van der Waals surface area contributed by atoms with Gasteiger partial charge < -0.3 is 15.5 Å². The van der Waals surface area contributed by atoms with Crippen LogP contribution in [0.3, 0.4) is 0 Å². The van der Waals surface area contributed by atoms with Gasteiger partial charge in [-0.05, 0) is 24.3 Å². The molecule has 4 heteroatoms. The number of fused-ring (bicyclic) bond motifs is 1. The molecule has 0 spiro atoms. The maximum absolute atomic E-state index is 4.64. The molecule has 1 aliphatic heterocycles. The van der Waals surface area contributed by atoms with Gasteiger partial charge in [-0.1, -0.05) is 20.4 Å². The normalized spacial score (nSPS) is 21.4. The maximum atomic E-state index is 4.64. The highest BCUT2D eigenvalue weighted by Gasteiger charge is 2.42. The smallest absolute Gasteiger partial charge is 0.139 e. The third-order valence-corrected chi connectivity index (χ3v) is 4.17. The van der Waals surface area contributed by atoms with Crippen LogP contribution in [-0.2, 0) is 6.54 Å². The van der Waals surface area contributed by atoms with Gasteiger partial charge in [-0.25, -0.2) is 4.98 Å². The van der Waals surface area contributed by atoms with Crippen LogP contribution in [0.5, 0.6) is 0 Å². The second kappa shape index (κ2) is 4.15. The summed E-state index contributed by atoms with van der Waals surface area (Å²) in [6, 6.07) is 2.69. The molecule has 4 nitrogen and oxygen atoms in total. The van der Waals surface area contributed by atoms with E-state index in [0.29, 0.717) is 11.5 Å². The molecule has 0 saturated heterocycles. The Morgan fingerprint density at radius 1 is 1.47 bits per heavy atom. The summed E-state index contributed by atoms with van der Waals surface area (Å²) in [5, 5.41) is 6.52. The van der Waals surface area contributed by atoms with E-state index in [1.165, 1.54) is 18.4 Å². The lowest BCUT2D eigenvalue weighted by Gasteiger charge is -2.50. The Balaban J connectivity index is 1.91. The molecular formula is C15H22N4. The first-order chi connectivity index (χ1) is 9.00. The number of hydrogen-bond donors (Lipinski definition) is 2. The molecule has 0 atom stereocenters. The Kier molecular flexibility index (Phi) is 2.69. The van der Waals surface area contributed by atoms with Crippen LogP contribution < -0.4 is 15.5 Å². The number of nitrogens with one attached hydrogen (secondary N) is 2. The first-order valence-corrected chi connectivity index (χ1v) is 6.89. The highest BCUT2D eigenvalue weighted by atomic mass is 15.3. The SMILES string of the molecule is C=C1NCc2cc(NC)cnc2N1C1CC(C)(C)C1. The van der Waals surface area contributed by atoms with Gasteiger partial charge in [0.05, 0.1) is 11.9 Å². The molecule has 1 saturated carbocycles. The molecule has 0 unspecified atom stereocenters. The highest BCUT2D eigenvalue weighted by molar-refractivity contribution is 5.60. The zero-order valence-electron chi connectivity index (χ0n) is 12.0. The molecule has 0 bridgehead atoms. The summed E-state index contributed by atoms with van der Waals surface area (Å²) in [5.74, 6) is 2.06. The summed E-state index contributed by atoms with van der Waals surface area (Å²) in [6.07, 6.45) is 4.29. The third kappa shape index (κ3) is 2.05. The number of anilines is 2. The molecule has 1 aromatic heterocycles. The Labute approximate surface area is 114 Å². The lowest BCUT2D eigenvalue weighted by molar-refractivity contribution is 0.149. The molecule has 1 aromatic rings. The van der Waals surface area contributed by atoms with Gasteiger partial charge in [-0.15, -0.1) is 0 Å². The van der Waals surface area contributed by atoms with Gasteiger partial charge in [0.25, 0.3) is 0 Å². The fourth-order valence-corrected chi connectivity index (χ4v) is 3.19. The molecule has 0 aromatic carbocycles. The fourth-order valence-electron chi connectivity index (χ4n) is 3.19. The summed E-state index contributed by atoms with van der Waals surface area (Å²) >= 11 is 0. The molecule has 1 fully saturated rings. The molecule has 3 rings (SSSR count). The minimum atomic E-state index is 0.452. The lowest BCUT2D eigenvalue weighted by Crippen LogP contribution is -2.52. The van der Waals surface area contributed by atoms with E-state index in [0.717, 1.165) is 23.9 Å². The van der Waals surface area contributed by atoms with Crippen LogP contribution in [0.15, 0.2) is 24.7 Å². The molecule has 2 N–H and O–H groups in total. The van der Waals surface area contributed by atoms with Crippen molar-refractivity contribution < 1.29 is 0 Å². The molecule has 0 radical (unpaired) electrons. The van der Waals surface area contributed by atoms with Crippen molar-refractivity contribution in [1.82, 2.24) is 10.3 Å². The van der Waals surface area contributed by atoms with E-state index in [1.807, 2.05) is 13.2 Å².